The molecule has 6 heteroatoms. The summed E-state index contributed by atoms with van der Waals surface area (Å²) in [5, 5.41) is 8.35. The van der Waals surface area contributed by atoms with Crippen molar-refractivity contribution in [1.82, 2.24) is 20.0 Å². The average molecular weight is 396 g/mol. The molecule has 2 aromatic heterocycles. The summed E-state index contributed by atoms with van der Waals surface area (Å²) in [5.41, 5.74) is 4.19. The van der Waals surface area contributed by atoms with E-state index in [-0.39, 0.29) is 5.82 Å². The fraction of sp³-hybridized carbons (Fsp3) is 0.0417. The van der Waals surface area contributed by atoms with Crippen molar-refractivity contribution in [3.05, 3.63) is 103 Å². The summed E-state index contributed by atoms with van der Waals surface area (Å²) in [4.78, 5) is 4.74. The van der Waals surface area contributed by atoms with Gasteiger partial charge in [0.05, 0.1) is 6.20 Å². The topological polar surface area (TPSA) is 56.7 Å². The maximum atomic E-state index is 13.2. The van der Waals surface area contributed by atoms with Gasteiger partial charge in [-0.25, -0.2) is 14.1 Å². The Morgan fingerprint density at radius 1 is 0.767 bits per heavy atom. The highest BCUT2D eigenvalue weighted by Gasteiger charge is 2.17. The molecule has 2 heterocycles. The maximum Gasteiger partial charge on any atom is 0.217 e. The number of hydrogen-bond donors (Lipinski definition) is 0. The van der Waals surface area contributed by atoms with Crippen molar-refractivity contribution in [2.24, 2.45) is 0 Å². The molecule has 0 aliphatic rings. The Morgan fingerprint density at radius 2 is 1.43 bits per heavy atom. The smallest absolute Gasteiger partial charge is 0.217 e. The molecule has 0 aliphatic heterocycles. The molecule has 0 atom stereocenters. The first-order valence-electron chi connectivity index (χ1n) is 9.53. The minimum atomic E-state index is -0.284. The standard InChI is InChI=1S/C24H17FN4O/c25-20-13-11-17(12-14-20)21-15-29(28-27-21)16-22-26-23(18-7-3-1-4-8-18)24(30-22)19-9-5-2-6-10-19/h1-15H,16H2. The first-order valence-corrected chi connectivity index (χ1v) is 9.53. The Balaban J connectivity index is 1.48. The van der Waals surface area contributed by atoms with E-state index in [1.807, 2.05) is 60.7 Å². The molecular weight excluding hydrogens is 379 g/mol. The van der Waals surface area contributed by atoms with E-state index in [0.717, 1.165) is 28.1 Å². The number of aromatic nitrogens is 4. The number of benzene rings is 3. The number of nitrogens with zero attached hydrogens (tertiary/aromatic N) is 4. The molecule has 0 unspecified atom stereocenters. The molecule has 0 saturated heterocycles. The molecule has 0 fully saturated rings. The highest BCUT2D eigenvalue weighted by atomic mass is 19.1. The van der Waals surface area contributed by atoms with Gasteiger partial charge in [-0.15, -0.1) is 5.10 Å². The SMILES string of the molecule is Fc1ccc(-c2cn(Cc3nc(-c4ccccc4)c(-c4ccccc4)o3)nn2)cc1. The molecule has 0 radical (unpaired) electrons. The minimum Gasteiger partial charge on any atom is -0.438 e. The second-order valence-corrected chi connectivity index (χ2v) is 6.83. The molecular formula is C24H17FN4O. The predicted octanol–water partition coefficient (Wildman–Crippen LogP) is 5.45. The third-order valence-electron chi connectivity index (χ3n) is 4.73. The van der Waals surface area contributed by atoms with E-state index in [1.165, 1.54) is 12.1 Å². The van der Waals surface area contributed by atoms with E-state index in [0.29, 0.717) is 18.1 Å². The van der Waals surface area contributed by atoms with Gasteiger partial charge >= 0.3 is 0 Å². The highest BCUT2D eigenvalue weighted by molar-refractivity contribution is 5.76. The molecule has 0 amide bonds. The zero-order chi connectivity index (χ0) is 20.3. The van der Waals surface area contributed by atoms with Gasteiger partial charge in [0.25, 0.3) is 0 Å². The molecule has 0 N–H and O–H groups in total. The lowest BCUT2D eigenvalue weighted by molar-refractivity contribution is 0.469. The minimum absolute atomic E-state index is 0.284. The van der Waals surface area contributed by atoms with Gasteiger partial charge < -0.3 is 4.42 Å². The Hall–Kier alpha value is -4.06. The van der Waals surface area contributed by atoms with E-state index in [1.54, 1.807) is 23.0 Å². The van der Waals surface area contributed by atoms with Gasteiger partial charge in [-0.1, -0.05) is 65.9 Å². The Kier molecular flexibility index (Phi) is 4.65. The number of halogens is 1. The summed E-state index contributed by atoms with van der Waals surface area (Å²) in [5.74, 6) is 0.965. The Morgan fingerprint density at radius 3 is 2.13 bits per heavy atom. The van der Waals surface area contributed by atoms with Crippen LogP contribution in [0.4, 0.5) is 4.39 Å². The molecule has 3 aromatic carbocycles. The van der Waals surface area contributed by atoms with Crippen LogP contribution in [0, 0.1) is 5.82 Å². The van der Waals surface area contributed by atoms with Crippen molar-refractivity contribution in [1.29, 1.82) is 0 Å². The predicted molar refractivity (Wildman–Crippen MR) is 112 cm³/mol. The highest BCUT2D eigenvalue weighted by Crippen LogP contribution is 2.32. The van der Waals surface area contributed by atoms with Gasteiger partial charge in [-0.05, 0) is 24.3 Å². The number of rotatable bonds is 5. The summed E-state index contributed by atoms with van der Waals surface area (Å²) < 4.78 is 21.0. The van der Waals surface area contributed by atoms with Crippen LogP contribution >= 0.6 is 0 Å². The second-order valence-electron chi connectivity index (χ2n) is 6.83. The molecule has 5 rings (SSSR count). The third kappa shape index (κ3) is 3.63. The quantitative estimate of drug-likeness (QED) is 0.396. The molecule has 5 nitrogen and oxygen atoms in total. The van der Waals surface area contributed by atoms with Crippen LogP contribution in [0.5, 0.6) is 0 Å². The molecule has 30 heavy (non-hydrogen) atoms. The fourth-order valence-electron chi connectivity index (χ4n) is 3.28. The monoisotopic (exact) mass is 396 g/mol. The van der Waals surface area contributed by atoms with E-state index in [4.69, 9.17) is 9.40 Å². The van der Waals surface area contributed by atoms with Crippen LogP contribution in [0.25, 0.3) is 33.8 Å². The molecule has 146 valence electrons. The largest absolute Gasteiger partial charge is 0.438 e. The normalized spacial score (nSPS) is 11.0. The van der Waals surface area contributed by atoms with E-state index in [9.17, 15) is 4.39 Å². The van der Waals surface area contributed by atoms with Crippen molar-refractivity contribution < 1.29 is 8.81 Å². The fourth-order valence-corrected chi connectivity index (χ4v) is 3.28. The zero-order valence-electron chi connectivity index (χ0n) is 15.9. The summed E-state index contributed by atoms with van der Waals surface area (Å²) in [7, 11) is 0. The van der Waals surface area contributed by atoms with Gasteiger partial charge in [0.15, 0.2) is 5.76 Å². The van der Waals surface area contributed by atoms with E-state index < -0.39 is 0 Å². The Labute approximate surface area is 172 Å². The van der Waals surface area contributed by atoms with Crippen molar-refractivity contribution >= 4 is 0 Å². The zero-order valence-corrected chi connectivity index (χ0v) is 15.9. The summed E-state index contributed by atoms with van der Waals surface area (Å²) in [6, 6.07) is 26.0. The van der Waals surface area contributed by atoms with Crippen molar-refractivity contribution in [2.75, 3.05) is 0 Å². The number of oxazole rings is 1. The van der Waals surface area contributed by atoms with Gasteiger partial charge in [0.1, 0.15) is 23.7 Å². The summed E-state index contributed by atoms with van der Waals surface area (Å²) >= 11 is 0. The summed E-state index contributed by atoms with van der Waals surface area (Å²) in [6.07, 6.45) is 1.79. The average Bonchev–Trinajstić information content (AvgIpc) is 3.43. The van der Waals surface area contributed by atoms with Crippen LogP contribution in [0.3, 0.4) is 0 Å². The van der Waals surface area contributed by atoms with Crippen molar-refractivity contribution in [3.8, 4) is 33.8 Å². The molecule has 5 aromatic rings. The lowest BCUT2D eigenvalue weighted by Gasteiger charge is -2.00. The van der Waals surface area contributed by atoms with Gasteiger partial charge in [-0.3, -0.25) is 0 Å². The first kappa shape index (κ1) is 18.0. The lowest BCUT2D eigenvalue weighted by atomic mass is 10.1. The third-order valence-corrected chi connectivity index (χ3v) is 4.73. The molecule has 0 saturated carbocycles. The maximum absolute atomic E-state index is 13.2. The number of hydrogen-bond acceptors (Lipinski definition) is 4. The molecule has 0 bridgehead atoms. The molecule has 0 aliphatic carbocycles. The van der Waals surface area contributed by atoms with Crippen LogP contribution in [-0.2, 0) is 6.54 Å². The van der Waals surface area contributed by atoms with Crippen LogP contribution < -0.4 is 0 Å². The summed E-state index contributed by atoms with van der Waals surface area (Å²) in [6.45, 7) is 0.334. The van der Waals surface area contributed by atoms with Crippen LogP contribution in [0.1, 0.15) is 5.89 Å². The Bertz CT molecular complexity index is 1200. The van der Waals surface area contributed by atoms with Crippen LogP contribution in [0.15, 0.2) is 95.5 Å². The van der Waals surface area contributed by atoms with Crippen molar-refractivity contribution in [2.45, 2.75) is 6.54 Å². The van der Waals surface area contributed by atoms with E-state index >= 15 is 0 Å². The molecule has 0 spiro atoms. The van der Waals surface area contributed by atoms with Crippen molar-refractivity contribution in [3.63, 3.8) is 0 Å². The first-order chi connectivity index (χ1) is 14.8. The second kappa shape index (κ2) is 7.75. The van der Waals surface area contributed by atoms with E-state index in [2.05, 4.69) is 10.3 Å². The van der Waals surface area contributed by atoms with Crippen LogP contribution in [-0.4, -0.2) is 20.0 Å². The van der Waals surface area contributed by atoms with Gasteiger partial charge in [0.2, 0.25) is 5.89 Å². The lowest BCUT2D eigenvalue weighted by Crippen LogP contribution is -2.00. The van der Waals surface area contributed by atoms with Crippen LogP contribution in [0.2, 0.25) is 0 Å². The van der Waals surface area contributed by atoms with Gasteiger partial charge in [0, 0.05) is 16.7 Å². The van der Waals surface area contributed by atoms with Gasteiger partial charge in [-0.2, -0.15) is 0 Å².